The first-order chi connectivity index (χ1) is 15.3. The van der Waals surface area contributed by atoms with Gasteiger partial charge in [0.05, 0.1) is 12.1 Å². The highest BCUT2D eigenvalue weighted by Gasteiger charge is 2.30. The van der Waals surface area contributed by atoms with Crippen molar-refractivity contribution in [3.63, 3.8) is 0 Å². The summed E-state index contributed by atoms with van der Waals surface area (Å²) < 4.78 is 43.5. The number of anilines is 1. The maximum atomic E-state index is 12.9. The van der Waals surface area contributed by atoms with Gasteiger partial charge in [0.25, 0.3) is 5.91 Å². The van der Waals surface area contributed by atoms with Gasteiger partial charge in [0.1, 0.15) is 6.61 Å². The molecule has 0 atom stereocenters. The molecule has 1 aliphatic heterocycles. The van der Waals surface area contributed by atoms with Crippen LogP contribution in [0.3, 0.4) is 0 Å². The Kier molecular flexibility index (Phi) is 5.85. The monoisotopic (exact) mass is 440 g/mol. The molecule has 5 nitrogen and oxygen atoms in total. The van der Waals surface area contributed by atoms with E-state index in [9.17, 15) is 22.8 Å². The highest BCUT2D eigenvalue weighted by Crippen LogP contribution is 2.32. The second-order valence-electron chi connectivity index (χ2n) is 7.24. The number of rotatable bonds is 5. The number of carbonyl (C=O) groups excluding carboxylic acids is 2. The number of ether oxygens (including phenoxy) is 1. The van der Waals surface area contributed by atoms with Crippen LogP contribution in [-0.2, 0) is 17.5 Å². The number of carbonyl (C=O) groups is 2. The molecular formula is C24H19F3N2O3. The zero-order chi connectivity index (χ0) is 22.7. The van der Waals surface area contributed by atoms with E-state index in [2.05, 4.69) is 5.32 Å². The van der Waals surface area contributed by atoms with E-state index in [-0.39, 0.29) is 12.5 Å². The van der Waals surface area contributed by atoms with Gasteiger partial charge in [-0.3, -0.25) is 9.69 Å². The van der Waals surface area contributed by atoms with Crippen LogP contribution in [0.25, 0.3) is 11.1 Å². The Morgan fingerprint density at radius 2 is 1.75 bits per heavy atom. The van der Waals surface area contributed by atoms with Crippen LogP contribution in [0.15, 0.2) is 72.8 Å². The van der Waals surface area contributed by atoms with E-state index < -0.39 is 17.8 Å². The fourth-order valence-corrected chi connectivity index (χ4v) is 3.51. The number of nitrogens with one attached hydrogen (secondary N) is 1. The van der Waals surface area contributed by atoms with Crippen molar-refractivity contribution in [1.29, 1.82) is 0 Å². The lowest BCUT2D eigenvalue weighted by Gasteiger charge is -2.15. The lowest BCUT2D eigenvalue weighted by atomic mass is 9.98. The molecule has 0 bridgehead atoms. The molecule has 0 unspecified atom stereocenters. The number of nitrogens with zero attached hydrogens (tertiary/aromatic N) is 1. The summed E-state index contributed by atoms with van der Waals surface area (Å²) in [5.74, 6) is -0.355. The fourth-order valence-electron chi connectivity index (χ4n) is 3.51. The second kappa shape index (κ2) is 8.74. The average molecular weight is 440 g/mol. The number of cyclic esters (lactones) is 1. The third-order valence-corrected chi connectivity index (χ3v) is 5.13. The minimum absolute atomic E-state index is 0.219. The highest BCUT2D eigenvalue weighted by molar-refractivity contribution is 6.00. The number of hydrogen-bond donors (Lipinski definition) is 1. The van der Waals surface area contributed by atoms with Crippen molar-refractivity contribution in [2.24, 2.45) is 0 Å². The molecule has 2 amide bonds. The van der Waals surface area contributed by atoms with Gasteiger partial charge in [-0.25, -0.2) is 4.79 Å². The summed E-state index contributed by atoms with van der Waals surface area (Å²) in [6.45, 7) is 1.02. The number of amides is 2. The first kappa shape index (κ1) is 21.4. The van der Waals surface area contributed by atoms with Crippen LogP contribution in [0.4, 0.5) is 23.7 Å². The van der Waals surface area contributed by atoms with E-state index in [0.717, 1.165) is 17.7 Å². The quantitative estimate of drug-likeness (QED) is 0.589. The Morgan fingerprint density at radius 1 is 1.00 bits per heavy atom. The van der Waals surface area contributed by atoms with Gasteiger partial charge in [-0.2, -0.15) is 13.2 Å². The lowest BCUT2D eigenvalue weighted by Crippen LogP contribution is -2.25. The minimum Gasteiger partial charge on any atom is -0.447 e. The van der Waals surface area contributed by atoms with Crippen LogP contribution >= 0.6 is 0 Å². The standard InChI is InChI=1S/C24H19F3N2O3/c25-24(26,27)18-10-8-17(9-11-18)20-6-1-2-7-21(20)22(30)28-15-16-4-3-5-19(14-16)29-12-13-32-23(29)31/h1-11,14H,12-13,15H2,(H,28,30). The summed E-state index contributed by atoms with van der Waals surface area (Å²) in [6.07, 6.45) is -4.83. The van der Waals surface area contributed by atoms with E-state index in [0.29, 0.717) is 35.5 Å². The molecule has 3 aromatic carbocycles. The molecule has 3 aromatic rings. The molecule has 0 aromatic heterocycles. The summed E-state index contributed by atoms with van der Waals surface area (Å²) in [5, 5.41) is 2.84. The summed E-state index contributed by atoms with van der Waals surface area (Å²) in [5.41, 5.74) is 2.13. The van der Waals surface area contributed by atoms with Gasteiger partial charge < -0.3 is 10.1 Å². The largest absolute Gasteiger partial charge is 0.447 e. The molecule has 164 valence electrons. The van der Waals surface area contributed by atoms with Crippen LogP contribution in [0, 0.1) is 0 Å². The Morgan fingerprint density at radius 3 is 2.44 bits per heavy atom. The van der Waals surface area contributed by atoms with E-state index >= 15 is 0 Å². The molecule has 0 saturated carbocycles. The normalized spacial score (nSPS) is 13.7. The number of hydrogen-bond acceptors (Lipinski definition) is 3. The summed E-state index contributed by atoms with van der Waals surface area (Å²) >= 11 is 0. The van der Waals surface area contributed by atoms with Crippen molar-refractivity contribution in [1.82, 2.24) is 5.32 Å². The highest BCUT2D eigenvalue weighted by atomic mass is 19.4. The van der Waals surface area contributed by atoms with Crippen molar-refractivity contribution >= 4 is 17.7 Å². The van der Waals surface area contributed by atoms with Gasteiger partial charge in [-0.1, -0.05) is 42.5 Å². The number of alkyl halides is 3. The van der Waals surface area contributed by atoms with Crippen molar-refractivity contribution in [3.05, 3.63) is 89.5 Å². The number of halogens is 3. The number of benzene rings is 3. The summed E-state index contributed by atoms with van der Waals surface area (Å²) in [4.78, 5) is 26.1. The van der Waals surface area contributed by atoms with Crippen molar-refractivity contribution < 1.29 is 27.5 Å². The molecule has 1 heterocycles. The van der Waals surface area contributed by atoms with Crippen molar-refractivity contribution in [3.8, 4) is 11.1 Å². The Balaban J connectivity index is 1.50. The van der Waals surface area contributed by atoms with Crippen LogP contribution < -0.4 is 10.2 Å². The summed E-state index contributed by atoms with van der Waals surface area (Å²) in [7, 11) is 0. The molecule has 1 aliphatic rings. The average Bonchev–Trinajstić information content (AvgIpc) is 3.23. The molecule has 1 N–H and O–H groups in total. The fraction of sp³-hybridized carbons (Fsp3) is 0.167. The minimum atomic E-state index is -4.42. The Bertz CT molecular complexity index is 1140. The zero-order valence-electron chi connectivity index (χ0n) is 16.9. The summed E-state index contributed by atoms with van der Waals surface area (Å²) in [6, 6.07) is 18.7. The van der Waals surface area contributed by atoms with E-state index in [1.54, 1.807) is 42.5 Å². The molecule has 1 fully saturated rings. The third kappa shape index (κ3) is 4.59. The van der Waals surface area contributed by atoms with Gasteiger partial charge in [0, 0.05) is 17.8 Å². The predicted molar refractivity (Wildman–Crippen MR) is 113 cm³/mol. The first-order valence-electron chi connectivity index (χ1n) is 9.91. The molecule has 0 spiro atoms. The van der Waals surface area contributed by atoms with E-state index in [1.807, 2.05) is 6.07 Å². The zero-order valence-corrected chi connectivity index (χ0v) is 16.9. The van der Waals surface area contributed by atoms with Crippen molar-refractivity contribution in [2.75, 3.05) is 18.1 Å². The molecule has 8 heteroatoms. The molecule has 0 aliphatic carbocycles. The maximum absolute atomic E-state index is 12.9. The lowest BCUT2D eigenvalue weighted by molar-refractivity contribution is -0.137. The van der Waals surface area contributed by atoms with Gasteiger partial charge in [-0.15, -0.1) is 0 Å². The van der Waals surface area contributed by atoms with Gasteiger partial charge in [0.15, 0.2) is 0 Å². The second-order valence-corrected chi connectivity index (χ2v) is 7.24. The smallest absolute Gasteiger partial charge is 0.416 e. The van der Waals surface area contributed by atoms with Crippen LogP contribution in [-0.4, -0.2) is 25.2 Å². The van der Waals surface area contributed by atoms with Gasteiger partial charge in [0.2, 0.25) is 0 Å². The topological polar surface area (TPSA) is 58.6 Å². The van der Waals surface area contributed by atoms with Crippen LogP contribution in [0.1, 0.15) is 21.5 Å². The maximum Gasteiger partial charge on any atom is 0.416 e. The Labute approximate surface area is 182 Å². The molecule has 4 rings (SSSR count). The third-order valence-electron chi connectivity index (χ3n) is 5.13. The van der Waals surface area contributed by atoms with Crippen LogP contribution in [0.5, 0.6) is 0 Å². The molecule has 1 saturated heterocycles. The van der Waals surface area contributed by atoms with E-state index in [4.69, 9.17) is 4.74 Å². The van der Waals surface area contributed by atoms with Crippen molar-refractivity contribution in [2.45, 2.75) is 12.7 Å². The van der Waals surface area contributed by atoms with Crippen LogP contribution in [0.2, 0.25) is 0 Å². The molecule has 0 radical (unpaired) electrons. The van der Waals surface area contributed by atoms with Gasteiger partial charge in [-0.05, 0) is 47.0 Å². The SMILES string of the molecule is O=C(NCc1cccc(N2CCOC2=O)c1)c1ccccc1-c1ccc(C(F)(F)F)cc1. The predicted octanol–water partition coefficient (Wildman–Crippen LogP) is 5.26. The molecular weight excluding hydrogens is 421 g/mol. The van der Waals surface area contributed by atoms with Gasteiger partial charge >= 0.3 is 12.3 Å². The Hall–Kier alpha value is -3.81. The van der Waals surface area contributed by atoms with E-state index in [1.165, 1.54) is 17.0 Å². The first-order valence-corrected chi connectivity index (χ1v) is 9.91. The molecule has 32 heavy (non-hydrogen) atoms.